The Morgan fingerprint density at radius 1 is 1.07 bits per heavy atom. The average molecular weight is 625 g/mol. The van der Waals surface area contributed by atoms with E-state index in [1.807, 2.05) is 0 Å². The second-order valence-electron chi connectivity index (χ2n) is 10.9. The van der Waals surface area contributed by atoms with Gasteiger partial charge in [-0.05, 0) is 80.5 Å². The fourth-order valence-corrected chi connectivity index (χ4v) is 6.97. The molecule has 14 heteroatoms. The van der Waals surface area contributed by atoms with E-state index in [2.05, 4.69) is 14.9 Å². The predicted molar refractivity (Wildman–Crippen MR) is 159 cm³/mol. The molecule has 2 aliphatic rings. The Morgan fingerprint density at radius 3 is 2.33 bits per heavy atom. The van der Waals surface area contributed by atoms with Gasteiger partial charge < -0.3 is 25.2 Å². The third-order valence-corrected chi connectivity index (χ3v) is 9.82. The maximum atomic E-state index is 13.3. The van der Waals surface area contributed by atoms with Crippen molar-refractivity contribution >= 4 is 37.4 Å². The lowest BCUT2D eigenvalue weighted by Crippen LogP contribution is -2.43. The average Bonchev–Trinajstić information content (AvgIpc) is 3.76. The first-order valence-corrected chi connectivity index (χ1v) is 17.4. The lowest BCUT2D eigenvalue weighted by molar-refractivity contribution is -0.143. The van der Waals surface area contributed by atoms with E-state index in [9.17, 15) is 31.8 Å². The molecule has 0 unspecified atom stereocenters. The zero-order chi connectivity index (χ0) is 30.5. The Bertz CT molecular complexity index is 1440. The molecule has 1 aliphatic heterocycles. The fourth-order valence-electron chi connectivity index (χ4n) is 4.95. The van der Waals surface area contributed by atoms with Gasteiger partial charge in [0.25, 0.3) is 0 Å². The van der Waals surface area contributed by atoms with Gasteiger partial charge in [0.15, 0.2) is 0 Å². The summed E-state index contributed by atoms with van der Waals surface area (Å²) in [5.41, 5.74) is 1.38. The summed E-state index contributed by atoms with van der Waals surface area (Å²) >= 11 is 0. The van der Waals surface area contributed by atoms with Gasteiger partial charge in [0.05, 0.1) is 29.5 Å². The van der Waals surface area contributed by atoms with Gasteiger partial charge >= 0.3 is 5.97 Å². The predicted octanol–water partition coefficient (Wildman–Crippen LogP) is 2.02. The van der Waals surface area contributed by atoms with E-state index in [1.54, 1.807) is 37.3 Å². The zero-order valence-corrected chi connectivity index (χ0v) is 25.5. The molecule has 0 amide bonds. The molecule has 4 N–H and O–H groups in total. The van der Waals surface area contributed by atoms with E-state index >= 15 is 0 Å². The first-order valence-electron chi connectivity index (χ1n) is 14.1. The number of carbonyl (C=O) groups excluding carboxylic acids is 1. The Hall–Kier alpha value is -2.91. The fraction of sp³-hybridized carbons (Fsp3) is 0.536. The number of sulfonamides is 2. The summed E-state index contributed by atoms with van der Waals surface area (Å²) in [5.74, 6) is -0.506. The van der Waals surface area contributed by atoms with Gasteiger partial charge in [-0.2, -0.15) is 4.31 Å². The van der Waals surface area contributed by atoms with Crippen LogP contribution in [-0.4, -0.2) is 89.0 Å². The summed E-state index contributed by atoms with van der Waals surface area (Å²) in [6.07, 6.45) is 3.60. The Labute approximate surface area is 247 Å². The number of carbonyl (C=O) groups is 1. The van der Waals surface area contributed by atoms with Gasteiger partial charge in [-0.15, -0.1) is 0 Å². The molecular formula is C28H40N4O8S2. The van der Waals surface area contributed by atoms with Crippen LogP contribution >= 0.6 is 0 Å². The number of aromatic hydroxyl groups is 1. The maximum Gasteiger partial charge on any atom is 0.321 e. The van der Waals surface area contributed by atoms with Crippen molar-refractivity contribution in [2.75, 3.05) is 55.2 Å². The molecule has 0 radical (unpaired) electrons. The van der Waals surface area contributed by atoms with Crippen LogP contribution in [0.3, 0.4) is 0 Å². The molecule has 1 saturated carbocycles. The number of hydrogen-bond donors (Lipinski definition) is 4. The number of aliphatic hydroxyl groups is 1. The van der Waals surface area contributed by atoms with Crippen LogP contribution in [0, 0.1) is 5.92 Å². The van der Waals surface area contributed by atoms with Gasteiger partial charge in [-0.3, -0.25) is 9.52 Å². The van der Waals surface area contributed by atoms with Crippen LogP contribution < -0.4 is 14.9 Å². The Balaban J connectivity index is 1.30. The standard InChI is InChI=1S/C28H40N4O8S2/c1-3-40-28(35)19-32(18-20-4-5-20)42(38,39)24-9-7-23(8-10-24)31-14-12-22(13-15-31)29-17-27(34)21-6-11-26(33)25(16-21)30-41(2,36)37/h6-11,16,20,22,27,29-30,33-34H,3-5,12-15,17-19H2,1-2H3/t27-/m1/s1. The number of phenols is 1. The summed E-state index contributed by atoms with van der Waals surface area (Å²) in [5, 5.41) is 23.9. The van der Waals surface area contributed by atoms with E-state index in [4.69, 9.17) is 4.74 Å². The van der Waals surface area contributed by atoms with Crippen LogP contribution in [0.2, 0.25) is 0 Å². The molecule has 4 rings (SSSR count). The number of anilines is 2. The van der Waals surface area contributed by atoms with E-state index < -0.39 is 32.1 Å². The van der Waals surface area contributed by atoms with Crippen molar-refractivity contribution in [2.45, 2.75) is 49.6 Å². The number of piperidine rings is 1. The molecule has 1 atom stereocenters. The minimum atomic E-state index is -3.85. The van der Waals surface area contributed by atoms with E-state index in [1.165, 1.54) is 16.4 Å². The smallest absolute Gasteiger partial charge is 0.321 e. The molecule has 0 spiro atoms. The number of benzene rings is 2. The number of esters is 1. The van der Waals surface area contributed by atoms with Gasteiger partial charge in [-0.25, -0.2) is 16.8 Å². The molecule has 2 fully saturated rings. The van der Waals surface area contributed by atoms with Crippen LogP contribution in [0.15, 0.2) is 47.4 Å². The molecule has 1 aliphatic carbocycles. The highest BCUT2D eigenvalue weighted by Gasteiger charge is 2.33. The second-order valence-corrected chi connectivity index (χ2v) is 14.6. The largest absolute Gasteiger partial charge is 0.506 e. The van der Waals surface area contributed by atoms with E-state index in [-0.39, 0.29) is 48.0 Å². The Morgan fingerprint density at radius 2 is 1.74 bits per heavy atom. The van der Waals surface area contributed by atoms with Gasteiger partial charge in [0, 0.05) is 37.9 Å². The molecule has 12 nitrogen and oxygen atoms in total. The number of aliphatic hydroxyl groups excluding tert-OH is 1. The quantitative estimate of drug-likeness (QED) is 0.180. The summed E-state index contributed by atoms with van der Waals surface area (Å²) in [6.45, 7) is 3.62. The first-order chi connectivity index (χ1) is 19.9. The molecule has 2 aromatic rings. The molecule has 42 heavy (non-hydrogen) atoms. The highest BCUT2D eigenvalue weighted by molar-refractivity contribution is 7.92. The third-order valence-electron chi connectivity index (χ3n) is 7.40. The second kappa shape index (κ2) is 13.6. The third kappa shape index (κ3) is 8.80. The number of phenolic OH excluding ortho intramolecular Hbond substituents is 1. The maximum absolute atomic E-state index is 13.3. The lowest BCUT2D eigenvalue weighted by atomic mass is 10.0. The SMILES string of the molecule is CCOC(=O)CN(CC1CC1)S(=O)(=O)c1ccc(N2CCC(NC[C@@H](O)c3ccc(O)c(NS(C)(=O)=O)c3)CC2)cc1. The summed E-state index contributed by atoms with van der Waals surface area (Å²) in [6, 6.07) is 11.2. The van der Waals surface area contributed by atoms with Gasteiger partial charge in [-0.1, -0.05) is 6.07 Å². The van der Waals surface area contributed by atoms with Crippen LogP contribution in [0.5, 0.6) is 5.75 Å². The van der Waals surface area contributed by atoms with Gasteiger partial charge in [0.2, 0.25) is 20.0 Å². The van der Waals surface area contributed by atoms with Gasteiger partial charge in [0.1, 0.15) is 12.3 Å². The lowest BCUT2D eigenvalue weighted by Gasteiger charge is -2.34. The monoisotopic (exact) mass is 624 g/mol. The molecule has 232 valence electrons. The van der Waals surface area contributed by atoms with Crippen molar-refractivity contribution < 1.29 is 36.6 Å². The normalized spacial score (nSPS) is 17.3. The van der Waals surface area contributed by atoms with Crippen molar-refractivity contribution in [1.29, 1.82) is 0 Å². The van der Waals surface area contributed by atoms with Crippen LogP contribution in [-0.2, 0) is 29.6 Å². The van der Waals surface area contributed by atoms with Crippen molar-refractivity contribution in [3.8, 4) is 5.75 Å². The van der Waals surface area contributed by atoms with Crippen molar-refractivity contribution in [3.63, 3.8) is 0 Å². The molecule has 1 heterocycles. The Kier molecular flexibility index (Phi) is 10.4. The number of ether oxygens (including phenoxy) is 1. The van der Waals surface area contributed by atoms with Crippen LogP contribution in [0.4, 0.5) is 11.4 Å². The number of nitrogens with one attached hydrogen (secondary N) is 2. The highest BCUT2D eigenvalue weighted by Crippen LogP contribution is 2.32. The van der Waals surface area contributed by atoms with Crippen molar-refractivity contribution in [2.24, 2.45) is 5.92 Å². The number of nitrogens with zero attached hydrogens (tertiary/aromatic N) is 2. The summed E-state index contributed by atoms with van der Waals surface area (Å²) in [4.78, 5) is 14.4. The van der Waals surface area contributed by atoms with Crippen LogP contribution in [0.25, 0.3) is 0 Å². The molecule has 2 aromatic carbocycles. The van der Waals surface area contributed by atoms with Crippen LogP contribution in [0.1, 0.15) is 44.3 Å². The van der Waals surface area contributed by atoms with Crippen molar-refractivity contribution in [3.05, 3.63) is 48.0 Å². The van der Waals surface area contributed by atoms with E-state index in [0.29, 0.717) is 12.1 Å². The molecule has 0 aromatic heterocycles. The molecule has 1 saturated heterocycles. The summed E-state index contributed by atoms with van der Waals surface area (Å²) < 4.78 is 58.2. The molecular weight excluding hydrogens is 584 g/mol. The first kappa shape index (κ1) is 32.0. The number of hydrogen-bond acceptors (Lipinski definition) is 10. The highest BCUT2D eigenvalue weighted by atomic mass is 32.2. The zero-order valence-electron chi connectivity index (χ0n) is 23.9. The summed E-state index contributed by atoms with van der Waals surface area (Å²) in [7, 11) is -7.43. The molecule has 0 bridgehead atoms. The minimum absolute atomic E-state index is 0.01000. The minimum Gasteiger partial charge on any atom is -0.506 e. The number of rotatable bonds is 14. The van der Waals surface area contributed by atoms with Crippen molar-refractivity contribution in [1.82, 2.24) is 9.62 Å². The topological polar surface area (TPSA) is 166 Å². The van der Waals surface area contributed by atoms with E-state index in [0.717, 1.165) is 50.7 Å².